The molecular weight excluding hydrogens is 453 g/mol. The number of hydrogen-bond acceptors (Lipinski definition) is 3. The molecule has 0 saturated carbocycles. The van der Waals surface area contributed by atoms with Gasteiger partial charge in [0.1, 0.15) is 5.60 Å². The lowest BCUT2D eigenvalue weighted by Gasteiger charge is -2.20. The maximum absolute atomic E-state index is 14.6. The van der Waals surface area contributed by atoms with Crippen LogP contribution in [0.15, 0.2) is 45.8 Å². The second kappa shape index (κ2) is 7.55. The van der Waals surface area contributed by atoms with Crippen LogP contribution in [0.2, 0.25) is 0 Å². The van der Waals surface area contributed by atoms with Crippen molar-refractivity contribution in [3.05, 3.63) is 68.7 Å². The number of carbonyl (C=O) groups excluding carboxylic acids is 1. The van der Waals surface area contributed by atoms with Crippen LogP contribution in [0.25, 0.3) is 16.6 Å². The number of fused-ring (bicyclic) bond motifs is 1. The van der Waals surface area contributed by atoms with E-state index in [2.05, 4.69) is 21.2 Å². The quantitative estimate of drug-likeness (QED) is 0.503. The van der Waals surface area contributed by atoms with Crippen molar-refractivity contribution in [2.45, 2.75) is 26.4 Å². The molecule has 5 nitrogen and oxygen atoms in total. The number of hydrogen-bond donors (Lipinski definition) is 1. The predicted octanol–water partition coefficient (Wildman–Crippen LogP) is 5.52. The lowest BCUT2D eigenvalue weighted by atomic mass is 10.1. The van der Waals surface area contributed by atoms with E-state index in [-0.39, 0.29) is 16.3 Å². The molecule has 0 fully saturated rings. The number of nitrogens with zero attached hydrogens (tertiary/aromatic N) is 1. The zero-order valence-corrected chi connectivity index (χ0v) is 17.2. The second-order valence-electron chi connectivity index (χ2n) is 7.22. The van der Waals surface area contributed by atoms with Crippen molar-refractivity contribution in [3.8, 4) is 5.69 Å². The molecule has 2 aromatic carbocycles. The zero-order valence-electron chi connectivity index (χ0n) is 15.6. The predicted molar refractivity (Wildman–Crippen MR) is 107 cm³/mol. The molecule has 0 aliphatic heterocycles. The molecule has 0 saturated heterocycles. The van der Waals surface area contributed by atoms with E-state index >= 15 is 0 Å². The van der Waals surface area contributed by atoms with E-state index < -0.39 is 40.5 Å². The van der Waals surface area contributed by atoms with Crippen LogP contribution in [0, 0.1) is 17.5 Å². The Hall–Kier alpha value is -2.81. The van der Waals surface area contributed by atoms with Gasteiger partial charge >= 0.3 is 6.09 Å². The number of rotatable bonds is 2. The highest BCUT2D eigenvalue weighted by Crippen LogP contribution is 2.29. The van der Waals surface area contributed by atoms with E-state index in [1.54, 1.807) is 32.9 Å². The fraction of sp³-hybridized carbons (Fsp3) is 0.200. The highest BCUT2D eigenvalue weighted by Gasteiger charge is 2.23. The van der Waals surface area contributed by atoms with Crippen molar-refractivity contribution in [3.63, 3.8) is 0 Å². The van der Waals surface area contributed by atoms with Gasteiger partial charge in [-0.1, -0.05) is 15.9 Å². The van der Waals surface area contributed by atoms with E-state index in [0.717, 1.165) is 6.07 Å². The van der Waals surface area contributed by atoms with Crippen molar-refractivity contribution in [2.75, 3.05) is 5.32 Å². The molecule has 0 bridgehead atoms. The number of ether oxygens (including phenoxy) is 1. The van der Waals surface area contributed by atoms with Crippen LogP contribution in [-0.4, -0.2) is 16.3 Å². The Morgan fingerprint density at radius 3 is 2.41 bits per heavy atom. The smallest absolute Gasteiger partial charge is 0.412 e. The third-order valence-electron chi connectivity index (χ3n) is 3.88. The van der Waals surface area contributed by atoms with Gasteiger partial charge in [0.25, 0.3) is 0 Å². The minimum Gasteiger partial charge on any atom is -0.444 e. The molecule has 0 aliphatic rings. The number of amides is 1. The van der Waals surface area contributed by atoms with E-state index in [1.807, 2.05) is 0 Å². The number of nitrogens with one attached hydrogen (secondary N) is 1. The zero-order chi connectivity index (χ0) is 21.5. The minimum absolute atomic E-state index is 0.251. The first kappa shape index (κ1) is 20.9. The van der Waals surface area contributed by atoms with Crippen molar-refractivity contribution in [1.82, 2.24) is 4.57 Å². The summed E-state index contributed by atoms with van der Waals surface area (Å²) in [5.74, 6) is -4.80. The first-order chi connectivity index (χ1) is 13.5. The molecule has 29 heavy (non-hydrogen) atoms. The Morgan fingerprint density at radius 1 is 1.07 bits per heavy atom. The van der Waals surface area contributed by atoms with Gasteiger partial charge in [-0.05, 0) is 45.0 Å². The maximum Gasteiger partial charge on any atom is 0.412 e. The molecular formula is C20H16BrF3N2O3. The Labute approximate surface area is 172 Å². The first-order valence-corrected chi connectivity index (χ1v) is 9.26. The minimum atomic E-state index is -1.77. The number of anilines is 1. The van der Waals surface area contributed by atoms with Crippen LogP contribution < -0.4 is 10.7 Å². The van der Waals surface area contributed by atoms with Crippen LogP contribution in [0.3, 0.4) is 0 Å². The lowest BCUT2D eigenvalue weighted by Crippen LogP contribution is -2.27. The summed E-state index contributed by atoms with van der Waals surface area (Å²) in [6, 6.07) is 6.81. The molecule has 1 N–H and O–H groups in total. The summed E-state index contributed by atoms with van der Waals surface area (Å²) in [6.07, 6.45) is 0.213. The monoisotopic (exact) mass is 468 g/mol. The summed E-state index contributed by atoms with van der Waals surface area (Å²) >= 11 is 3.27. The van der Waals surface area contributed by atoms with Crippen LogP contribution in [0.5, 0.6) is 0 Å². The number of pyridine rings is 1. The van der Waals surface area contributed by atoms with E-state index in [9.17, 15) is 22.8 Å². The summed E-state index contributed by atoms with van der Waals surface area (Å²) in [4.78, 5) is 24.1. The number of benzene rings is 2. The number of aromatic nitrogens is 1. The SMILES string of the molecule is CC(C)(C)OC(=O)Nc1cc(-n2ccc(=O)c3ccc(Br)cc32)c(F)c(F)c1F. The van der Waals surface area contributed by atoms with Crippen molar-refractivity contribution in [2.24, 2.45) is 0 Å². The number of halogens is 4. The molecule has 0 unspecified atom stereocenters. The third-order valence-corrected chi connectivity index (χ3v) is 4.38. The van der Waals surface area contributed by atoms with Crippen LogP contribution in [0.1, 0.15) is 20.8 Å². The average Bonchev–Trinajstić information content (AvgIpc) is 2.61. The fourth-order valence-corrected chi connectivity index (χ4v) is 3.05. The summed E-state index contributed by atoms with van der Waals surface area (Å²) in [5.41, 5.74) is -1.92. The van der Waals surface area contributed by atoms with Gasteiger partial charge in [0.15, 0.2) is 22.9 Å². The Balaban J connectivity index is 2.19. The highest BCUT2D eigenvalue weighted by molar-refractivity contribution is 9.10. The Bertz CT molecular complexity index is 1190. The van der Waals surface area contributed by atoms with Gasteiger partial charge in [0.2, 0.25) is 0 Å². The van der Waals surface area contributed by atoms with Gasteiger partial charge in [-0.15, -0.1) is 0 Å². The van der Waals surface area contributed by atoms with Gasteiger partial charge in [-0.2, -0.15) is 0 Å². The lowest BCUT2D eigenvalue weighted by molar-refractivity contribution is 0.0635. The van der Waals surface area contributed by atoms with Crippen LogP contribution >= 0.6 is 15.9 Å². The molecule has 0 spiro atoms. The van der Waals surface area contributed by atoms with Gasteiger partial charge in [-0.25, -0.2) is 18.0 Å². The molecule has 1 aromatic heterocycles. The van der Waals surface area contributed by atoms with Gasteiger partial charge in [0, 0.05) is 22.1 Å². The van der Waals surface area contributed by atoms with Crippen LogP contribution in [-0.2, 0) is 4.74 Å². The van der Waals surface area contributed by atoms with Gasteiger partial charge in [-0.3, -0.25) is 10.1 Å². The Morgan fingerprint density at radius 2 is 1.76 bits per heavy atom. The van der Waals surface area contributed by atoms with Gasteiger partial charge < -0.3 is 9.30 Å². The largest absolute Gasteiger partial charge is 0.444 e. The Kier molecular flexibility index (Phi) is 5.44. The average molecular weight is 469 g/mol. The molecule has 3 aromatic rings. The van der Waals surface area contributed by atoms with E-state index in [1.165, 1.54) is 22.9 Å². The van der Waals surface area contributed by atoms with Crippen LogP contribution in [0.4, 0.5) is 23.7 Å². The standard InChI is InChI=1S/C20H16BrF3N2O3/c1-20(2,3)29-19(28)25-12-9-14(17(23)18(24)16(12)22)26-7-6-15(27)11-5-4-10(21)8-13(11)26/h4-9H,1-3H3,(H,25,28). The van der Waals surface area contributed by atoms with Gasteiger partial charge in [0.05, 0.1) is 16.9 Å². The molecule has 152 valence electrons. The van der Waals surface area contributed by atoms with Crippen molar-refractivity contribution < 1.29 is 22.7 Å². The van der Waals surface area contributed by atoms with Crippen molar-refractivity contribution in [1.29, 1.82) is 0 Å². The molecule has 9 heteroatoms. The molecule has 0 aliphatic carbocycles. The first-order valence-electron chi connectivity index (χ1n) is 8.47. The normalized spacial score (nSPS) is 11.6. The van der Waals surface area contributed by atoms with E-state index in [0.29, 0.717) is 4.47 Å². The number of carbonyl (C=O) groups is 1. The fourth-order valence-electron chi connectivity index (χ4n) is 2.71. The summed E-state index contributed by atoms with van der Waals surface area (Å²) in [7, 11) is 0. The molecule has 0 radical (unpaired) electrons. The molecule has 1 amide bonds. The topological polar surface area (TPSA) is 60.3 Å². The molecule has 1 heterocycles. The maximum atomic E-state index is 14.6. The molecule has 0 atom stereocenters. The summed E-state index contributed by atoms with van der Waals surface area (Å²) < 4.78 is 49.9. The van der Waals surface area contributed by atoms with E-state index in [4.69, 9.17) is 4.74 Å². The third kappa shape index (κ3) is 4.29. The highest BCUT2D eigenvalue weighted by atomic mass is 79.9. The van der Waals surface area contributed by atoms with Crippen molar-refractivity contribution >= 4 is 38.6 Å². The molecule has 3 rings (SSSR count). The summed E-state index contributed by atoms with van der Waals surface area (Å²) in [6.45, 7) is 4.80. The summed E-state index contributed by atoms with van der Waals surface area (Å²) in [5, 5.41) is 2.34. The second-order valence-corrected chi connectivity index (χ2v) is 8.14.